The fraction of sp³-hybridized carbons (Fsp3) is 0.625. The lowest BCUT2D eigenvalue weighted by molar-refractivity contribution is 0.543. The standard InChI is InChI=1S/C8H16N4O2S/c1-7(3-9)4-11-15(13,14)8-5-12(2)6-10-8/h5-7,11H,3-4,9H2,1-2H3. The first-order valence-electron chi connectivity index (χ1n) is 4.63. The van der Waals surface area contributed by atoms with Gasteiger partial charge in [-0.05, 0) is 12.5 Å². The molecule has 0 aliphatic carbocycles. The summed E-state index contributed by atoms with van der Waals surface area (Å²) in [5.41, 5.74) is 5.39. The molecule has 0 saturated heterocycles. The number of aryl methyl sites for hydroxylation is 1. The number of nitrogens with zero attached hydrogens (tertiary/aromatic N) is 2. The maximum Gasteiger partial charge on any atom is 0.259 e. The molecule has 1 heterocycles. The number of rotatable bonds is 5. The van der Waals surface area contributed by atoms with Crippen molar-refractivity contribution in [1.82, 2.24) is 14.3 Å². The van der Waals surface area contributed by atoms with Gasteiger partial charge in [0.1, 0.15) is 0 Å². The topological polar surface area (TPSA) is 90.0 Å². The van der Waals surface area contributed by atoms with Gasteiger partial charge in [0, 0.05) is 19.8 Å². The third-order valence-electron chi connectivity index (χ3n) is 1.98. The Balaban J connectivity index is 2.68. The van der Waals surface area contributed by atoms with E-state index in [1.807, 2.05) is 6.92 Å². The highest BCUT2D eigenvalue weighted by molar-refractivity contribution is 7.89. The number of aromatic nitrogens is 2. The molecular formula is C8H16N4O2S. The predicted molar refractivity (Wildman–Crippen MR) is 56.6 cm³/mol. The summed E-state index contributed by atoms with van der Waals surface area (Å²) in [5, 5.41) is 0.0363. The van der Waals surface area contributed by atoms with Crippen LogP contribution in [0.25, 0.3) is 0 Å². The number of nitrogens with one attached hydrogen (secondary N) is 1. The van der Waals surface area contributed by atoms with Crippen LogP contribution in [0, 0.1) is 5.92 Å². The molecule has 0 amide bonds. The van der Waals surface area contributed by atoms with Crippen molar-refractivity contribution in [3.8, 4) is 0 Å². The van der Waals surface area contributed by atoms with Gasteiger partial charge in [-0.25, -0.2) is 18.1 Å². The van der Waals surface area contributed by atoms with Gasteiger partial charge in [-0.1, -0.05) is 6.92 Å². The molecule has 1 atom stereocenters. The summed E-state index contributed by atoms with van der Waals surface area (Å²) in [7, 11) is -1.77. The van der Waals surface area contributed by atoms with Gasteiger partial charge in [-0.15, -0.1) is 0 Å². The molecule has 7 heteroatoms. The number of nitrogens with two attached hydrogens (primary N) is 1. The zero-order chi connectivity index (χ0) is 11.5. The van der Waals surface area contributed by atoms with Gasteiger partial charge >= 0.3 is 0 Å². The van der Waals surface area contributed by atoms with Crippen LogP contribution in [0.15, 0.2) is 17.6 Å². The van der Waals surface area contributed by atoms with Crippen LogP contribution in [-0.4, -0.2) is 31.1 Å². The average Bonchev–Trinajstić information content (AvgIpc) is 2.62. The molecular weight excluding hydrogens is 216 g/mol. The lowest BCUT2D eigenvalue weighted by atomic mass is 10.2. The first-order valence-corrected chi connectivity index (χ1v) is 6.11. The Morgan fingerprint density at radius 3 is 2.80 bits per heavy atom. The van der Waals surface area contributed by atoms with Crippen LogP contribution in [-0.2, 0) is 17.1 Å². The first-order chi connectivity index (χ1) is 6.95. The van der Waals surface area contributed by atoms with Crippen molar-refractivity contribution >= 4 is 10.0 Å². The molecule has 0 aliphatic heterocycles. The Morgan fingerprint density at radius 1 is 1.67 bits per heavy atom. The molecule has 0 aromatic carbocycles. The van der Waals surface area contributed by atoms with E-state index < -0.39 is 10.0 Å². The molecule has 1 aromatic rings. The van der Waals surface area contributed by atoms with Crippen molar-refractivity contribution in [2.24, 2.45) is 18.7 Å². The van der Waals surface area contributed by atoms with Gasteiger partial charge in [0.05, 0.1) is 6.33 Å². The van der Waals surface area contributed by atoms with E-state index in [-0.39, 0.29) is 10.9 Å². The summed E-state index contributed by atoms with van der Waals surface area (Å²) in [6.07, 6.45) is 2.90. The van der Waals surface area contributed by atoms with Crippen molar-refractivity contribution in [3.63, 3.8) is 0 Å². The molecule has 1 aromatic heterocycles. The van der Waals surface area contributed by atoms with Gasteiger partial charge in [-0.3, -0.25) is 0 Å². The van der Waals surface area contributed by atoms with E-state index in [0.717, 1.165) is 0 Å². The van der Waals surface area contributed by atoms with Crippen LogP contribution >= 0.6 is 0 Å². The van der Waals surface area contributed by atoms with Gasteiger partial charge in [0.2, 0.25) is 0 Å². The lowest BCUT2D eigenvalue weighted by Crippen LogP contribution is -2.31. The molecule has 0 saturated carbocycles. The van der Waals surface area contributed by atoms with Crippen LogP contribution in [0.2, 0.25) is 0 Å². The van der Waals surface area contributed by atoms with E-state index in [1.54, 1.807) is 11.6 Å². The molecule has 0 fully saturated rings. The molecule has 1 unspecified atom stereocenters. The van der Waals surface area contributed by atoms with Crippen LogP contribution in [0.4, 0.5) is 0 Å². The third-order valence-corrected chi connectivity index (χ3v) is 3.29. The monoisotopic (exact) mass is 232 g/mol. The van der Waals surface area contributed by atoms with Crippen LogP contribution in [0.5, 0.6) is 0 Å². The minimum Gasteiger partial charge on any atom is -0.339 e. The highest BCUT2D eigenvalue weighted by atomic mass is 32.2. The third kappa shape index (κ3) is 3.29. The molecule has 3 N–H and O–H groups in total. The SMILES string of the molecule is CC(CN)CNS(=O)(=O)c1cn(C)cn1. The zero-order valence-electron chi connectivity index (χ0n) is 8.84. The lowest BCUT2D eigenvalue weighted by Gasteiger charge is -2.08. The second-order valence-corrected chi connectivity index (χ2v) is 5.28. The van der Waals surface area contributed by atoms with E-state index in [0.29, 0.717) is 13.1 Å². The maximum absolute atomic E-state index is 11.6. The van der Waals surface area contributed by atoms with Crippen molar-refractivity contribution < 1.29 is 8.42 Å². The largest absolute Gasteiger partial charge is 0.339 e. The van der Waals surface area contributed by atoms with Crippen LogP contribution in [0.1, 0.15) is 6.92 Å². The van der Waals surface area contributed by atoms with E-state index in [2.05, 4.69) is 9.71 Å². The van der Waals surface area contributed by atoms with Gasteiger partial charge in [-0.2, -0.15) is 0 Å². The number of sulfonamides is 1. The van der Waals surface area contributed by atoms with Crippen molar-refractivity contribution in [3.05, 3.63) is 12.5 Å². The van der Waals surface area contributed by atoms with Gasteiger partial charge in [0.15, 0.2) is 5.03 Å². The van der Waals surface area contributed by atoms with Crippen molar-refractivity contribution in [1.29, 1.82) is 0 Å². The quantitative estimate of drug-likeness (QED) is 0.702. The molecule has 0 aliphatic rings. The molecule has 1 rings (SSSR count). The summed E-state index contributed by atoms with van der Waals surface area (Å²) in [6.45, 7) is 2.65. The Bertz CT molecular complexity index is 412. The highest BCUT2D eigenvalue weighted by Crippen LogP contribution is 2.04. The highest BCUT2D eigenvalue weighted by Gasteiger charge is 2.17. The second-order valence-electron chi connectivity index (χ2n) is 3.57. The van der Waals surface area contributed by atoms with Crippen LogP contribution in [0.3, 0.4) is 0 Å². The molecule has 0 bridgehead atoms. The predicted octanol–water partition coefficient (Wildman–Crippen LogP) is -0.707. The molecule has 6 nitrogen and oxygen atoms in total. The van der Waals surface area contributed by atoms with E-state index in [4.69, 9.17) is 5.73 Å². The molecule has 86 valence electrons. The smallest absolute Gasteiger partial charge is 0.259 e. The fourth-order valence-corrected chi connectivity index (χ4v) is 2.08. The Hall–Kier alpha value is -0.920. The summed E-state index contributed by atoms with van der Waals surface area (Å²) in [5.74, 6) is 0.114. The zero-order valence-corrected chi connectivity index (χ0v) is 9.66. The molecule has 15 heavy (non-hydrogen) atoms. The Labute approximate surface area is 89.5 Å². The van der Waals surface area contributed by atoms with Crippen LogP contribution < -0.4 is 10.5 Å². The number of hydrogen-bond donors (Lipinski definition) is 2. The molecule has 0 radical (unpaired) electrons. The summed E-state index contributed by atoms with van der Waals surface area (Å²) < 4.78 is 27.3. The van der Waals surface area contributed by atoms with Crippen molar-refractivity contribution in [2.45, 2.75) is 11.9 Å². The van der Waals surface area contributed by atoms with E-state index in [1.165, 1.54) is 12.5 Å². The van der Waals surface area contributed by atoms with Crippen molar-refractivity contribution in [2.75, 3.05) is 13.1 Å². The van der Waals surface area contributed by atoms with E-state index >= 15 is 0 Å². The fourth-order valence-electron chi connectivity index (χ4n) is 0.937. The number of imidazole rings is 1. The average molecular weight is 232 g/mol. The second kappa shape index (κ2) is 4.73. The first kappa shape index (κ1) is 12.2. The summed E-state index contributed by atoms with van der Waals surface area (Å²) in [6, 6.07) is 0. The summed E-state index contributed by atoms with van der Waals surface area (Å²) >= 11 is 0. The Kier molecular flexibility index (Phi) is 3.83. The minimum absolute atomic E-state index is 0.0363. The summed E-state index contributed by atoms with van der Waals surface area (Å²) in [4.78, 5) is 3.77. The molecule has 0 spiro atoms. The normalized spacial score (nSPS) is 14.1. The maximum atomic E-state index is 11.6. The van der Waals surface area contributed by atoms with Gasteiger partial charge < -0.3 is 10.3 Å². The van der Waals surface area contributed by atoms with Gasteiger partial charge in [0.25, 0.3) is 10.0 Å². The number of hydrogen-bond acceptors (Lipinski definition) is 4. The Morgan fingerprint density at radius 2 is 2.33 bits per heavy atom. The van der Waals surface area contributed by atoms with E-state index in [9.17, 15) is 8.42 Å². The minimum atomic E-state index is -3.48.